The van der Waals surface area contributed by atoms with Gasteiger partial charge in [-0.1, -0.05) is 12.1 Å². The van der Waals surface area contributed by atoms with Gasteiger partial charge in [0, 0.05) is 25.6 Å². The minimum atomic E-state index is -0.169. The number of nitrogens with one attached hydrogen (secondary N) is 1. The number of hydrogen-bond donors (Lipinski definition) is 1. The predicted octanol–water partition coefficient (Wildman–Crippen LogP) is 4.25. The third-order valence-electron chi connectivity index (χ3n) is 3.91. The fourth-order valence-electron chi connectivity index (χ4n) is 2.72. The largest absolute Gasteiger partial charge is 0.494 e. The van der Waals surface area contributed by atoms with Gasteiger partial charge in [0.1, 0.15) is 11.5 Å². The maximum absolute atomic E-state index is 12.3. The number of anilines is 2. The van der Waals surface area contributed by atoms with E-state index in [1.54, 1.807) is 29.2 Å². The summed E-state index contributed by atoms with van der Waals surface area (Å²) in [6.45, 7) is 8.11. The molecule has 0 aliphatic rings. The summed E-state index contributed by atoms with van der Waals surface area (Å²) >= 11 is 0. The molecule has 0 bridgehead atoms. The molecule has 0 saturated heterocycles. The third kappa shape index (κ3) is 6.30. The SMILES string of the molecule is CCOc1ccc(NC(=O)CCN(C(C)=O)c2ccccc2OC(C)C)cc1. The molecule has 0 aliphatic carbocycles. The molecule has 2 aromatic carbocycles. The molecule has 2 rings (SSSR count). The van der Waals surface area contributed by atoms with E-state index >= 15 is 0 Å². The van der Waals surface area contributed by atoms with Gasteiger partial charge in [0.25, 0.3) is 0 Å². The van der Waals surface area contributed by atoms with Crippen molar-refractivity contribution in [2.45, 2.75) is 40.2 Å². The van der Waals surface area contributed by atoms with Crippen molar-refractivity contribution in [1.82, 2.24) is 0 Å². The first kappa shape index (κ1) is 21.3. The van der Waals surface area contributed by atoms with Crippen molar-refractivity contribution in [3.05, 3.63) is 48.5 Å². The molecule has 0 fully saturated rings. The van der Waals surface area contributed by atoms with E-state index in [1.165, 1.54) is 6.92 Å². The molecular weight excluding hydrogens is 356 g/mol. The Balaban J connectivity index is 2.01. The van der Waals surface area contributed by atoms with Crippen LogP contribution in [-0.4, -0.2) is 31.1 Å². The summed E-state index contributed by atoms with van der Waals surface area (Å²) in [4.78, 5) is 26.1. The number of hydrogen-bond acceptors (Lipinski definition) is 4. The first-order valence-electron chi connectivity index (χ1n) is 9.47. The average Bonchev–Trinajstić information content (AvgIpc) is 2.64. The first-order chi connectivity index (χ1) is 13.4. The highest BCUT2D eigenvalue weighted by atomic mass is 16.5. The maximum atomic E-state index is 12.3. The van der Waals surface area contributed by atoms with Crippen LogP contribution in [0.3, 0.4) is 0 Å². The number of ether oxygens (including phenoxy) is 2. The molecular formula is C22H28N2O4. The Morgan fingerprint density at radius 1 is 1.07 bits per heavy atom. The monoisotopic (exact) mass is 384 g/mol. The summed E-state index contributed by atoms with van der Waals surface area (Å²) in [5, 5.41) is 2.84. The molecule has 150 valence electrons. The lowest BCUT2D eigenvalue weighted by molar-refractivity contribution is -0.117. The lowest BCUT2D eigenvalue weighted by Crippen LogP contribution is -2.32. The second kappa shape index (κ2) is 10.3. The zero-order valence-corrected chi connectivity index (χ0v) is 16.9. The Labute approximate surface area is 166 Å². The molecule has 2 amide bonds. The molecule has 0 heterocycles. The van der Waals surface area contributed by atoms with E-state index in [9.17, 15) is 9.59 Å². The van der Waals surface area contributed by atoms with Crippen LogP contribution in [0.5, 0.6) is 11.5 Å². The highest BCUT2D eigenvalue weighted by Gasteiger charge is 2.18. The van der Waals surface area contributed by atoms with Crippen molar-refractivity contribution in [1.29, 1.82) is 0 Å². The van der Waals surface area contributed by atoms with Gasteiger partial charge >= 0.3 is 0 Å². The highest BCUT2D eigenvalue weighted by molar-refractivity contribution is 5.95. The summed E-state index contributed by atoms with van der Waals surface area (Å²) < 4.78 is 11.2. The maximum Gasteiger partial charge on any atom is 0.226 e. The van der Waals surface area contributed by atoms with Crippen molar-refractivity contribution < 1.29 is 19.1 Å². The van der Waals surface area contributed by atoms with Gasteiger partial charge < -0.3 is 19.7 Å². The summed E-state index contributed by atoms with van der Waals surface area (Å²) in [7, 11) is 0. The molecule has 0 atom stereocenters. The number of benzene rings is 2. The van der Waals surface area contributed by atoms with Crippen LogP contribution in [-0.2, 0) is 9.59 Å². The second-order valence-electron chi connectivity index (χ2n) is 6.56. The van der Waals surface area contributed by atoms with E-state index < -0.39 is 0 Å². The minimum Gasteiger partial charge on any atom is -0.494 e. The summed E-state index contributed by atoms with van der Waals surface area (Å²) in [6, 6.07) is 14.5. The molecule has 0 aromatic heterocycles. The summed E-state index contributed by atoms with van der Waals surface area (Å²) in [5.41, 5.74) is 1.35. The molecule has 1 N–H and O–H groups in total. The molecule has 6 nitrogen and oxygen atoms in total. The molecule has 0 spiro atoms. The van der Waals surface area contributed by atoms with Crippen LogP contribution in [0.4, 0.5) is 11.4 Å². The Bertz CT molecular complexity index is 787. The van der Waals surface area contributed by atoms with Gasteiger partial charge in [-0.05, 0) is 57.2 Å². The Morgan fingerprint density at radius 3 is 2.36 bits per heavy atom. The standard InChI is InChI=1S/C22H28N2O4/c1-5-27-19-12-10-18(11-13-19)23-22(26)14-15-24(17(4)25)20-8-6-7-9-21(20)28-16(2)3/h6-13,16H,5,14-15H2,1-4H3,(H,23,26). The number of carbonyl (C=O) groups excluding carboxylic acids is 2. The smallest absolute Gasteiger partial charge is 0.226 e. The lowest BCUT2D eigenvalue weighted by atomic mass is 10.2. The summed E-state index contributed by atoms with van der Waals surface area (Å²) in [5.74, 6) is 1.07. The first-order valence-corrected chi connectivity index (χ1v) is 9.47. The van der Waals surface area contributed by atoms with Crippen LogP contribution < -0.4 is 19.7 Å². The van der Waals surface area contributed by atoms with Gasteiger partial charge in [-0.3, -0.25) is 9.59 Å². The topological polar surface area (TPSA) is 67.9 Å². The zero-order chi connectivity index (χ0) is 20.5. The molecule has 2 aromatic rings. The van der Waals surface area contributed by atoms with Crippen molar-refractivity contribution >= 4 is 23.2 Å². The number of amides is 2. The van der Waals surface area contributed by atoms with Gasteiger partial charge in [-0.25, -0.2) is 0 Å². The second-order valence-corrected chi connectivity index (χ2v) is 6.56. The van der Waals surface area contributed by atoms with Gasteiger partial charge in [-0.2, -0.15) is 0 Å². The van der Waals surface area contributed by atoms with E-state index in [0.29, 0.717) is 23.7 Å². The molecule has 0 unspecified atom stereocenters. The quantitative estimate of drug-likeness (QED) is 0.702. The number of carbonyl (C=O) groups is 2. The van der Waals surface area contributed by atoms with Crippen molar-refractivity contribution in [2.24, 2.45) is 0 Å². The van der Waals surface area contributed by atoms with Gasteiger partial charge in [0.05, 0.1) is 18.4 Å². The predicted molar refractivity (Wildman–Crippen MR) is 111 cm³/mol. The minimum absolute atomic E-state index is 0.0158. The molecule has 0 saturated carbocycles. The van der Waals surface area contributed by atoms with Crippen molar-refractivity contribution in [3.63, 3.8) is 0 Å². The average molecular weight is 384 g/mol. The van der Waals surface area contributed by atoms with Crippen LogP contribution in [0.2, 0.25) is 0 Å². The van der Waals surface area contributed by atoms with Crippen molar-refractivity contribution in [3.8, 4) is 11.5 Å². The number of nitrogens with zero attached hydrogens (tertiary/aromatic N) is 1. The number of para-hydroxylation sites is 2. The normalized spacial score (nSPS) is 10.5. The van der Waals surface area contributed by atoms with Crippen molar-refractivity contribution in [2.75, 3.05) is 23.4 Å². The van der Waals surface area contributed by atoms with Crippen LogP contribution in [0.1, 0.15) is 34.1 Å². The van der Waals surface area contributed by atoms with Crippen LogP contribution >= 0.6 is 0 Å². The lowest BCUT2D eigenvalue weighted by Gasteiger charge is -2.24. The highest BCUT2D eigenvalue weighted by Crippen LogP contribution is 2.29. The molecule has 28 heavy (non-hydrogen) atoms. The fourth-order valence-corrected chi connectivity index (χ4v) is 2.72. The zero-order valence-electron chi connectivity index (χ0n) is 16.9. The molecule has 0 aliphatic heterocycles. The van der Waals surface area contributed by atoms with Gasteiger partial charge in [0.2, 0.25) is 11.8 Å². The van der Waals surface area contributed by atoms with Gasteiger partial charge in [-0.15, -0.1) is 0 Å². The van der Waals surface area contributed by atoms with E-state index in [0.717, 1.165) is 5.75 Å². The number of rotatable bonds is 9. The molecule has 6 heteroatoms. The Morgan fingerprint density at radius 2 is 1.75 bits per heavy atom. The van der Waals surface area contributed by atoms with E-state index in [2.05, 4.69) is 5.32 Å². The van der Waals surface area contributed by atoms with E-state index in [-0.39, 0.29) is 30.9 Å². The molecule has 0 radical (unpaired) electrons. The fraction of sp³-hybridized carbons (Fsp3) is 0.364. The van der Waals surface area contributed by atoms with E-state index in [1.807, 2.05) is 45.0 Å². The third-order valence-corrected chi connectivity index (χ3v) is 3.91. The summed E-state index contributed by atoms with van der Waals surface area (Å²) in [6.07, 6.45) is 0.154. The van der Waals surface area contributed by atoms with Gasteiger partial charge in [0.15, 0.2) is 0 Å². The van der Waals surface area contributed by atoms with E-state index in [4.69, 9.17) is 9.47 Å². The Hall–Kier alpha value is -3.02. The Kier molecular flexibility index (Phi) is 7.87. The van der Waals surface area contributed by atoms with Crippen LogP contribution in [0, 0.1) is 0 Å². The van der Waals surface area contributed by atoms with Crippen LogP contribution in [0.15, 0.2) is 48.5 Å². The van der Waals surface area contributed by atoms with Crippen LogP contribution in [0.25, 0.3) is 0 Å².